The van der Waals surface area contributed by atoms with E-state index in [-0.39, 0.29) is 13.2 Å². The number of nitrogens with one attached hydrogen (secondary N) is 1. The molecule has 2 aromatic carbocycles. The summed E-state index contributed by atoms with van der Waals surface area (Å²) in [6.45, 7) is 5.07. The zero-order valence-corrected chi connectivity index (χ0v) is 17.1. The van der Waals surface area contributed by atoms with E-state index in [2.05, 4.69) is 5.32 Å². The van der Waals surface area contributed by atoms with Gasteiger partial charge in [0.05, 0.1) is 0 Å². The number of hydrogen-bond acceptors (Lipinski definition) is 6. The Balaban J connectivity index is 1.59. The zero-order valence-electron chi connectivity index (χ0n) is 17.1. The van der Waals surface area contributed by atoms with Crippen molar-refractivity contribution < 1.29 is 23.5 Å². The van der Waals surface area contributed by atoms with E-state index in [4.69, 9.17) is 13.9 Å². The molecular formula is C23H23NO6. The Morgan fingerprint density at radius 3 is 2.50 bits per heavy atom. The minimum atomic E-state index is -0.868. The molecule has 3 aromatic rings. The number of esters is 1. The van der Waals surface area contributed by atoms with Crippen LogP contribution in [0.25, 0.3) is 11.0 Å². The quantitative estimate of drug-likeness (QED) is 0.476. The van der Waals surface area contributed by atoms with Gasteiger partial charge in [0.25, 0.3) is 5.91 Å². The number of amides is 1. The van der Waals surface area contributed by atoms with Crippen molar-refractivity contribution in [3.63, 3.8) is 0 Å². The molecule has 0 unspecified atom stereocenters. The van der Waals surface area contributed by atoms with Gasteiger partial charge in [-0.15, -0.1) is 0 Å². The first kappa shape index (κ1) is 21.1. The van der Waals surface area contributed by atoms with Gasteiger partial charge in [-0.25, -0.2) is 9.59 Å². The summed E-state index contributed by atoms with van der Waals surface area (Å²) in [5.74, 6) is -0.503. The first-order chi connectivity index (χ1) is 14.3. The molecule has 0 radical (unpaired) electrons. The van der Waals surface area contributed by atoms with Crippen LogP contribution in [0.2, 0.25) is 0 Å². The largest absolute Gasteiger partial charge is 0.484 e. The summed E-state index contributed by atoms with van der Waals surface area (Å²) in [4.78, 5) is 36.1. The van der Waals surface area contributed by atoms with Crippen LogP contribution in [0.15, 0.2) is 57.7 Å². The van der Waals surface area contributed by atoms with Crippen LogP contribution in [-0.2, 0) is 20.9 Å². The van der Waals surface area contributed by atoms with Crippen molar-refractivity contribution in [1.29, 1.82) is 0 Å². The van der Waals surface area contributed by atoms with Crippen molar-refractivity contribution in [2.45, 2.75) is 33.4 Å². The zero-order chi connectivity index (χ0) is 21.7. The van der Waals surface area contributed by atoms with E-state index in [1.807, 2.05) is 26.0 Å². The van der Waals surface area contributed by atoms with Gasteiger partial charge in [-0.1, -0.05) is 18.2 Å². The number of ether oxygens (including phenoxy) is 2. The van der Waals surface area contributed by atoms with Gasteiger partial charge in [0.2, 0.25) is 0 Å². The second-order valence-electron chi connectivity index (χ2n) is 7.02. The van der Waals surface area contributed by atoms with Crippen LogP contribution < -0.4 is 15.7 Å². The number of carbonyl (C=O) groups is 2. The normalized spacial score (nSPS) is 11.7. The molecule has 0 saturated heterocycles. The molecule has 7 heteroatoms. The minimum Gasteiger partial charge on any atom is -0.484 e. The number of para-hydroxylation sites is 1. The van der Waals surface area contributed by atoms with Crippen molar-refractivity contribution >= 4 is 22.8 Å². The number of rotatable bonds is 7. The molecule has 3 rings (SSSR count). The molecule has 1 heterocycles. The lowest BCUT2D eigenvalue weighted by Gasteiger charge is -2.14. The fraction of sp³-hybridized carbons (Fsp3) is 0.261. The molecule has 30 heavy (non-hydrogen) atoms. The summed E-state index contributed by atoms with van der Waals surface area (Å²) in [5.41, 5.74) is 2.49. The smallest absolute Gasteiger partial charge is 0.336 e. The molecule has 1 aromatic heterocycles. The molecule has 0 saturated carbocycles. The van der Waals surface area contributed by atoms with Crippen LogP contribution in [0.1, 0.15) is 23.6 Å². The van der Waals surface area contributed by atoms with Gasteiger partial charge >= 0.3 is 11.6 Å². The summed E-state index contributed by atoms with van der Waals surface area (Å²) in [5, 5.41) is 3.24. The van der Waals surface area contributed by atoms with E-state index in [1.165, 1.54) is 13.0 Å². The molecule has 1 N–H and O–H groups in total. The average Bonchev–Trinajstić information content (AvgIpc) is 2.72. The summed E-state index contributed by atoms with van der Waals surface area (Å²) >= 11 is 0. The molecule has 0 fully saturated rings. The second-order valence-corrected chi connectivity index (χ2v) is 7.02. The van der Waals surface area contributed by atoms with Crippen LogP contribution in [0.4, 0.5) is 0 Å². The Morgan fingerprint density at radius 1 is 1.07 bits per heavy atom. The van der Waals surface area contributed by atoms with Gasteiger partial charge in [0.15, 0.2) is 6.61 Å². The number of benzene rings is 2. The van der Waals surface area contributed by atoms with Gasteiger partial charge in [-0.3, -0.25) is 4.79 Å². The Bertz CT molecular complexity index is 1120. The van der Waals surface area contributed by atoms with Gasteiger partial charge in [-0.2, -0.15) is 0 Å². The third-order valence-corrected chi connectivity index (χ3v) is 4.66. The second kappa shape index (κ2) is 9.26. The number of carbonyl (C=O) groups excluding carboxylic acids is 2. The average molecular weight is 409 g/mol. The monoisotopic (exact) mass is 409 g/mol. The van der Waals surface area contributed by atoms with Crippen LogP contribution in [0.3, 0.4) is 0 Å². The standard InChI is InChI=1S/C23H23NO6/c1-14-9-19-17(11-22(26)30-20(19)10-15(14)2)12-29-23(27)16(3)24-21(25)13-28-18-7-5-4-6-8-18/h4-11,16H,12-13H2,1-3H3,(H,24,25)/t16-/m0/s1. The Kier molecular flexibility index (Phi) is 6.51. The predicted octanol–water partition coefficient (Wildman–Crippen LogP) is 3.04. The maximum absolute atomic E-state index is 12.3. The third kappa shape index (κ3) is 5.26. The van der Waals surface area contributed by atoms with E-state index in [0.717, 1.165) is 11.1 Å². The van der Waals surface area contributed by atoms with E-state index < -0.39 is 23.5 Å². The lowest BCUT2D eigenvalue weighted by Crippen LogP contribution is -2.41. The van der Waals surface area contributed by atoms with Crippen LogP contribution in [0.5, 0.6) is 5.75 Å². The van der Waals surface area contributed by atoms with Gasteiger partial charge in [-0.05, 0) is 56.2 Å². The van der Waals surface area contributed by atoms with Gasteiger partial charge < -0.3 is 19.2 Å². The highest BCUT2D eigenvalue weighted by molar-refractivity contribution is 5.85. The first-order valence-electron chi connectivity index (χ1n) is 9.51. The van der Waals surface area contributed by atoms with Crippen LogP contribution >= 0.6 is 0 Å². The molecule has 0 aliphatic heterocycles. The SMILES string of the molecule is Cc1cc2oc(=O)cc(COC(=O)[C@H](C)NC(=O)COc3ccccc3)c2cc1C. The van der Waals surface area contributed by atoms with Crippen molar-refractivity contribution in [2.24, 2.45) is 0 Å². The van der Waals surface area contributed by atoms with E-state index in [9.17, 15) is 14.4 Å². The topological polar surface area (TPSA) is 94.8 Å². The molecular weight excluding hydrogens is 386 g/mol. The van der Waals surface area contributed by atoms with Crippen LogP contribution in [-0.4, -0.2) is 24.5 Å². The molecule has 0 spiro atoms. The molecule has 0 aliphatic carbocycles. The maximum Gasteiger partial charge on any atom is 0.336 e. The summed E-state index contributed by atoms with van der Waals surface area (Å²) < 4.78 is 15.9. The van der Waals surface area contributed by atoms with Crippen molar-refractivity contribution in [3.8, 4) is 5.75 Å². The lowest BCUT2D eigenvalue weighted by molar-refractivity contribution is -0.148. The highest BCUT2D eigenvalue weighted by Crippen LogP contribution is 2.22. The van der Waals surface area contributed by atoms with E-state index >= 15 is 0 Å². The number of hydrogen-bond donors (Lipinski definition) is 1. The van der Waals surface area contributed by atoms with E-state index in [1.54, 1.807) is 30.3 Å². The Hall–Kier alpha value is -3.61. The molecule has 1 atom stereocenters. The summed E-state index contributed by atoms with van der Waals surface area (Å²) in [7, 11) is 0. The van der Waals surface area contributed by atoms with Crippen molar-refractivity contribution in [2.75, 3.05) is 6.61 Å². The third-order valence-electron chi connectivity index (χ3n) is 4.66. The molecule has 156 valence electrons. The summed E-state index contributed by atoms with van der Waals surface area (Å²) in [6, 6.07) is 13.0. The van der Waals surface area contributed by atoms with E-state index in [0.29, 0.717) is 22.3 Å². The molecule has 0 bridgehead atoms. The fourth-order valence-corrected chi connectivity index (χ4v) is 2.88. The van der Waals surface area contributed by atoms with Crippen molar-refractivity contribution in [1.82, 2.24) is 5.32 Å². The number of fused-ring (bicyclic) bond motifs is 1. The molecule has 0 aliphatic rings. The van der Waals surface area contributed by atoms with Crippen LogP contribution in [0, 0.1) is 13.8 Å². The Morgan fingerprint density at radius 2 is 1.77 bits per heavy atom. The predicted molar refractivity (Wildman–Crippen MR) is 111 cm³/mol. The van der Waals surface area contributed by atoms with Crippen molar-refractivity contribution in [3.05, 3.63) is 75.6 Å². The Labute approximate surface area is 173 Å². The molecule has 1 amide bonds. The first-order valence-corrected chi connectivity index (χ1v) is 9.51. The number of aryl methyl sites for hydroxylation is 2. The summed E-state index contributed by atoms with van der Waals surface area (Å²) in [6.07, 6.45) is 0. The van der Waals surface area contributed by atoms with Gasteiger partial charge in [0, 0.05) is 17.0 Å². The highest BCUT2D eigenvalue weighted by Gasteiger charge is 2.18. The molecule has 7 nitrogen and oxygen atoms in total. The maximum atomic E-state index is 12.3. The highest BCUT2D eigenvalue weighted by atomic mass is 16.5. The van der Waals surface area contributed by atoms with Gasteiger partial charge in [0.1, 0.15) is 24.0 Å². The minimum absolute atomic E-state index is 0.107. The lowest BCUT2D eigenvalue weighted by atomic mass is 10.0. The fourth-order valence-electron chi connectivity index (χ4n) is 2.88.